The van der Waals surface area contributed by atoms with Crippen LogP contribution in [0.3, 0.4) is 0 Å². The maximum absolute atomic E-state index is 13.3. The summed E-state index contributed by atoms with van der Waals surface area (Å²) in [5.74, 6) is 1.62. The van der Waals surface area contributed by atoms with Gasteiger partial charge >= 0.3 is 5.97 Å². The van der Waals surface area contributed by atoms with Crippen molar-refractivity contribution in [3.63, 3.8) is 0 Å². The molecule has 0 fully saturated rings. The van der Waals surface area contributed by atoms with Gasteiger partial charge in [-0.1, -0.05) is 49.7 Å². The Kier molecular flexibility index (Phi) is 6.84. The molecule has 204 valence electrons. The topological polar surface area (TPSA) is 60.0 Å². The summed E-state index contributed by atoms with van der Waals surface area (Å²) < 4.78 is 19.3. The van der Waals surface area contributed by atoms with Crippen LogP contribution in [-0.2, 0) is 10.3 Å². The van der Waals surface area contributed by atoms with E-state index in [0.717, 1.165) is 59.7 Å². The maximum Gasteiger partial charge on any atom is 0.340 e. The quantitative estimate of drug-likeness (QED) is 0.173. The van der Waals surface area contributed by atoms with Crippen molar-refractivity contribution in [1.82, 2.24) is 0 Å². The minimum atomic E-state index is -1.15. The number of fused-ring (bicyclic) bond motifs is 6. The van der Waals surface area contributed by atoms with Crippen LogP contribution < -0.4 is 19.7 Å². The molecule has 2 heterocycles. The summed E-state index contributed by atoms with van der Waals surface area (Å²) in [5, 5.41) is 3.53. The number of unbranched alkanes of at least 4 members (excludes halogenated alkanes) is 1. The summed E-state index contributed by atoms with van der Waals surface area (Å²) in [4.78, 5) is 15.6. The molecule has 1 spiro atoms. The standard InChI is InChI=1S/C34H34N2O4/c1-4-7-19-38-32-22-31-28(21-29(32)35-23-13-9-8-10-14-23)34(26-16-12-11-15-25(26)33(37)40-34)27-18-17-24(20-30(27)39-31)36(5-2)6-3/h8-18,20-22,35H,4-7,19H2,1-3H3. The van der Waals surface area contributed by atoms with Crippen LogP contribution in [0.15, 0.2) is 84.9 Å². The Balaban J connectivity index is 1.57. The molecule has 4 aromatic carbocycles. The summed E-state index contributed by atoms with van der Waals surface area (Å²) in [7, 11) is 0. The van der Waals surface area contributed by atoms with Gasteiger partial charge < -0.3 is 24.4 Å². The Morgan fingerprint density at radius 3 is 2.35 bits per heavy atom. The van der Waals surface area contributed by atoms with Gasteiger partial charge in [0.05, 0.1) is 17.9 Å². The molecule has 0 aromatic heterocycles. The third-order valence-corrected chi connectivity index (χ3v) is 7.73. The van der Waals surface area contributed by atoms with Gasteiger partial charge in [-0.2, -0.15) is 0 Å². The van der Waals surface area contributed by atoms with Crippen LogP contribution in [0, 0.1) is 0 Å². The van der Waals surface area contributed by atoms with Gasteiger partial charge in [-0.25, -0.2) is 4.79 Å². The van der Waals surface area contributed by atoms with E-state index in [1.807, 2.05) is 72.8 Å². The number of hydrogen-bond acceptors (Lipinski definition) is 6. The SMILES string of the molecule is CCCCOc1cc2c(cc1Nc1ccccc1)C1(OC(=O)c3ccccc31)c1ccc(N(CC)CC)cc1O2. The molecule has 0 radical (unpaired) electrons. The Bertz CT molecular complexity index is 1550. The van der Waals surface area contributed by atoms with Crippen molar-refractivity contribution in [2.75, 3.05) is 29.9 Å². The molecule has 0 saturated heterocycles. The number of carbonyl (C=O) groups is 1. The van der Waals surface area contributed by atoms with Crippen molar-refractivity contribution in [3.05, 3.63) is 107 Å². The molecule has 0 aliphatic carbocycles. The van der Waals surface area contributed by atoms with E-state index in [1.54, 1.807) is 0 Å². The molecule has 6 nitrogen and oxygen atoms in total. The van der Waals surface area contributed by atoms with Gasteiger partial charge in [0, 0.05) is 53.3 Å². The molecule has 2 aliphatic rings. The van der Waals surface area contributed by atoms with E-state index < -0.39 is 5.60 Å². The van der Waals surface area contributed by atoms with Crippen molar-refractivity contribution in [2.45, 2.75) is 39.2 Å². The van der Waals surface area contributed by atoms with Crippen LogP contribution in [0.4, 0.5) is 17.1 Å². The van der Waals surface area contributed by atoms with Crippen LogP contribution in [0.5, 0.6) is 17.2 Å². The fourth-order valence-corrected chi connectivity index (χ4v) is 5.69. The molecule has 6 rings (SSSR count). The number of hydrogen-bond donors (Lipinski definition) is 1. The summed E-state index contributed by atoms with van der Waals surface area (Å²) in [6.45, 7) is 8.75. The number of esters is 1. The first kappa shape index (κ1) is 25.8. The molecule has 1 N–H and O–H groups in total. The fourth-order valence-electron chi connectivity index (χ4n) is 5.69. The summed E-state index contributed by atoms with van der Waals surface area (Å²) in [5.41, 5.74) is 4.57. The van der Waals surface area contributed by atoms with E-state index in [4.69, 9.17) is 14.2 Å². The second kappa shape index (κ2) is 10.6. The Morgan fingerprint density at radius 1 is 0.825 bits per heavy atom. The fraction of sp³-hybridized carbons (Fsp3) is 0.265. The average molecular weight is 535 g/mol. The predicted octanol–water partition coefficient (Wildman–Crippen LogP) is 8.02. The molecule has 0 saturated carbocycles. The smallest absolute Gasteiger partial charge is 0.340 e. The first-order valence-corrected chi connectivity index (χ1v) is 14.1. The lowest BCUT2D eigenvalue weighted by Crippen LogP contribution is -2.33. The van der Waals surface area contributed by atoms with E-state index in [-0.39, 0.29) is 5.97 Å². The largest absolute Gasteiger partial charge is 0.491 e. The molecule has 2 aliphatic heterocycles. The second-order valence-electron chi connectivity index (χ2n) is 10.1. The molecule has 0 bridgehead atoms. The Labute approximate surface area is 235 Å². The lowest BCUT2D eigenvalue weighted by atomic mass is 9.77. The van der Waals surface area contributed by atoms with Crippen LogP contribution in [-0.4, -0.2) is 25.7 Å². The number of benzene rings is 4. The molecule has 0 amide bonds. The second-order valence-corrected chi connectivity index (χ2v) is 10.1. The zero-order chi connectivity index (χ0) is 27.7. The zero-order valence-electron chi connectivity index (χ0n) is 23.2. The van der Waals surface area contributed by atoms with E-state index in [2.05, 4.69) is 43.1 Å². The summed E-state index contributed by atoms with van der Waals surface area (Å²) in [6.07, 6.45) is 1.97. The van der Waals surface area contributed by atoms with Crippen molar-refractivity contribution < 1.29 is 19.0 Å². The molecule has 40 heavy (non-hydrogen) atoms. The highest BCUT2D eigenvalue weighted by Crippen LogP contribution is 2.58. The van der Waals surface area contributed by atoms with Crippen molar-refractivity contribution >= 4 is 23.0 Å². The highest BCUT2D eigenvalue weighted by Gasteiger charge is 2.53. The van der Waals surface area contributed by atoms with Crippen molar-refractivity contribution in [1.29, 1.82) is 0 Å². The van der Waals surface area contributed by atoms with Gasteiger partial charge in [0.2, 0.25) is 0 Å². The van der Waals surface area contributed by atoms with Gasteiger partial charge in [-0.05, 0) is 56.7 Å². The predicted molar refractivity (Wildman–Crippen MR) is 158 cm³/mol. The molecule has 1 atom stereocenters. The number of carbonyl (C=O) groups excluding carboxylic acids is 1. The van der Waals surface area contributed by atoms with E-state index in [1.165, 1.54) is 0 Å². The zero-order valence-corrected chi connectivity index (χ0v) is 23.2. The third kappa shape index (κ3) is 4.24. The van der Waals surface area contributed by atoms with Crippen LogP contribution in [0.25, 0.3) is 0 Å². The van der Waals surface area contributed by atoms with Gasteiger partial charge in [-0.15, -0.1) is 0 Å². The molecular weight excluding hydrogens is 500 g/mol. The maximum atomic E-state index is 13.3. The summed E-state index contributed by atoms with van der Waals surface area (Å²) >= 11 is 0. The molecule has 1 unspecified atom stereocenters. The van der Waals surface area contributed by atoms with Crippen molar-refractivity contribution in [3.8, 4) is 17.2 Å². The highest BCUT2D eigenvalue weighted by molar-refractivity contribution is 5.97. The van der Waals surface area contributed by atoms with E-state index >= 15 is 0 Å². The van der Waals surface area contributed by atoms with E-state index in [0.29, 0.717) is 29.4 Å². The Morgan fingerprint density at radius 2 is 1.57 bits per heavy atom. The molecule has 6 heteroatoms. The first-order valence-electron chi connectivity index (χ1n) is 14.1. The number of rotatable bonds is 9. The van der Waals surface area contributed by atoms with Crippen LogP contribution in [0.1, 0.15) is 60.7 Å². The molecule has 4 aromatic rings. The van der Waals surface area contributed by atoms with E-state index in [9.17, 15) is 4.79 Å². The normalized spacial score (nSPS) is 16.4. The van der Waals surface area contributed by atoms with Gasteiger partial charge in [0.15, 0.2) is 5.60 Å². The number of para-hydroxylation sites is 1. The highest BCUT2D eigenvalue weighted by atomic mass is 16.6. The molecular formula is C34H34N2O4. The number of anilines is 3. The van der Waals surface area contributed by atoms with Crippen molar-refractivity contribution in [2.24, 2.45) is 0 Å². The van der Waals surface area contributed by atoms with Crippen LogP contribution in [0.2, 0.25) is 0 Å². The summed E-state index contributed by atoms with van der Waals surface area (Å²) in [6, 6.07) is 27.7. The lowest BCUT2D eigenvalue weighted by molar-refractivity contribution is 0.0224. The lowest BCUT2D eigenvalue weighted by Gasteiger charge is -2.37. The third-order valence-electron chi connectivity index (χ3n) is 7.73. The number of nitrogens with one attached hydrogen (secondary N) is 1. The minimum Gasteiger partial charge on any atom is -0.491 e. The van der Waals surface area contributed by atoms with Crippen LogP contribution >= 0.6 is 0 Å². The number of nitrogens with zero attached hydrogens (tertiary/aromatic N) is 1. The monoisotopic (exact) mass is 534 g/mol. The van der Waals surface area contributed by atoms with Gasteiger partial charge in [0.1, 0.15) is 17.2 Å². The number of ether oxygens (including phenoxy) is 3. The minimum absolute atomic E-state index is 0.344. The Hall–Kier alpha value is -4.45. The van der Waals surface area contributed by atoms with Gasteiger partial charge in [-0.3, -0.25) is 0 Å². The average Bonchev–Trinajstić information content (AvgIpc) is 3.27. The first-order chi connectivity index (χ1) is 19.6. The van der Waals surface area contributed by atoms with Gasteiger partial charge in [0.25, 0.3) is 0 Å².